The highest BCUT2D eigenvalue weighted by Crippen LogP contribution is 2.46. The lowest BCUT2D eigenvalue weighted by molar-refractivity contribution is 0.232. The first-order valence-corrected chi connectivity index (χ1v) is 6.83. The van der Waals surface area contributed by atoms with Gasteiger partial charge >= 0.3 is 0 Å². The van der Waals surface area contributed by atoms with Crippen LogP contribution in [0.2, 0.25) is 0 Å². The molecule has 0 unspecified atom stereocenters. The highest BCUT2D eigenvalue weighted by molar-refractivity contribution is 4.84. The Bertz CT molecular complexity index is 131. The van der Waals surface area contributed by atoms with E-state index >= 15 is 0 Å². The third-order valence-electron chi connectivity index (χ3n) is 4.04. The highest BCUT2D eigenvalue weighted by Gasteiger charge is 2.31. The predicted octanol–water partition coefficient (Wildman–Crippen LogP) is 5.32. The molecule has 1 fully saturated rings. The van der Waals surface area contributed by atoms with Crippen LogP contribution < -0.4 is 0 Å². The van der Waals surface area contributed by atoms with Crippen molar-refractivity contribution < 1.29 is 0 Å². The molecule has 1 aliphatic carbocycles. The molecule has 84 valence electrons. The van der Waals surface area contributed by atoms with Crippen molar-refractivity contribution in [3.63, 3.8) is 0 Å². The van der Waals surface area contributed by atoms with E-state index in [1.165, 1.54) is 70.6 Å². The first-order chi connectivity index (χ1) is 6.83. The van der Waals surface area contributed by atoms with Crippen molar-refractivity contribution in [3.8, 4) is 0 Å². The van der Waals surface area contributed by atoms with E-state index in [1.54, 1.807) is 0 Å². The molecule has 0 saturated heterocycles. The fourth-order valence-electron chi connectivity index (χ4n) is 3.05. The second-order valence-electron chi connectivity index (χ2n) is 5.27. The highest BCUT2D eigenvalue weighted by atomic mass is 14.4. The van der Waals surface area contributed by atoms with E-state index in [4.69, 9.17) is 0 Å². The summed E-state index contributed by atoms with van der Waals surface area (Å²) in [6.45, 7) is 4.64. The van der Waals surface area contributed by atoms with Gasteiger partial charge < -0.3 is 0 Å². The van der Waals surface area contributed by atoms with Crippen molar-refractivity contribution in [3.05, 3.63) is 0 Å². The summed E-state index contributed by atoms with van der Waals surface area (Å²) in [5, 5.41) is 0. The van der Waals surface area contributed by atoms with Crippen molar-refractivity contribution >= 4 is 0 Å². The molecule has 0 N–H and O–H groups in total. The van der Waals surface area contributed by atoms with Crippen LogP contribution >= 0.6 is 0 Å². The topological polar surface area (TPSA) is 0 Å². The van der Waals surface area contributed by atoms with E-state index in [0.29, 0.717) is 0 Å². The zero-order chi connectivity index (χ0) is 10.3. The minimum absolute atomic E-state index is 0.797. The molecule has 0 spiro atoms. The fraction of sp³-hybridized carbons (Fsp3) is 1.00. The number of hydrogen-bond donors (Lipinski definition) is 0. The molecule has 0 amide bonds. The Hall–Kier alpha value is 0. The molecule has 0 bridgehead atoms. The standard InChI is InChI=1S/C14H28/c1-3-5-7-11-14(10-6-4-2)12-8-9-13-14/h3-13H2,1-2H3. The minimum Gasteiger partial charge on any atom is -0.0654 e. The largest absolute Gasteiger partial charge is 0.0654 e. The summed E-state index contributed by atoms with van der Waals surface area (Å²) in [4.78, 5) is 0. The van der Waals surface area contributed by atoms with Gasteiger partial charge in [-0.2, -0.15) is 0 Å². The van der Waals surface area contributed by atoms with Crippen LogP contribution in [-0.2, 0) is 0 Å². The molecule has 14 heavy (non-hydrogen) atoms. The Labute approximate surface area is 90.5 Å². The van der Waals surface area contributed by atoms with E-state index in [2.05, 4.69) is 13.8 Å². The Morgan fingerprint density at radius 2 is 1.36 bits per heavy atom. The van der Waals surface area contributed by atoms with Crippen LogP contribution in [0.1, 0.15) is 84.5 Å². The average Bonchev–Trinajstić information content (AvgIpc) is 2.65. The molecule has 1 saturated carbocycles. The van der Waals surface area contributed by atoms with Crippen molar-refractivity contribution in [1.29, 1.82) is 0 Å². The maximum Gasteiger partial charge on any atom is -0.0297 e. The van der Waals surface area contributed by atoms with E-state index < -0.39 is 0 Å². The first-order valence-electron chi connectivity index (χ1n) is 6.83. The molecule has 0 atom stereocenters. The first kappa shape index (κ1) is 12.1. The van der Waals surface area contributed by atoms with Gasteiger partial charge in [0.2, 0.25) is 0 Å². The van der Waals surface area contributed by atoms with Crippen LogP contribution in [0.15, 0.2) is 0 Å². The molecule has 0 heterocycles. The average molecular weight is 196 g/mol. The van der Waals surface area contributed by atoms with Gasteiger partial charge in [-0.3, -0.25) is 0 Å². The normalized spacial score (nSPS) is 20.1. The number of rotatable bonds is 7. The number of hydrogen-bond acceptors (Lipinski definition) is 0. The summed E-state index contributed by atoms with van der Waals surface area (Å²) in [5.74, 6) is 0. The monoisotopic (exact) mass is 196 g/mol. The van der Waals surface area contributed by atoms with Crippen molar-refractivity contribution in [2.45, 2.75) is 84.5 Å². The molecule has 0 nitrogen and oxygen atoms in total. The molecule has 0 aromatic rings. The lowest BCUT2D eigenvalue weighted by Gasteiger charge is -2.29. The minimum atomic E-state index is 0.797. The van der Waals surface area contributed by atoms with Gasteiger partial charge in [0.05, 0.1) is 0 Å². The van der Waals surface area contributed by atoms with Gasteiger partial charge in [-0.05, 0) is 31.1 Å². The third kappa shape index (κ3) is 3.63. The van der Waals surface area contributed by atoms with Gasteiger partial charge in [0.1, 0.15) is 0 Å². The lowest BCUT2D eigenvalue weighted by Crippen LogP contribution is -2.16. The molecule has 0 aromatic heterocycles. The summed E-state index contributed by atoms with van der Waals surface area (Å²) in [5.41, 5.74) is 0.797. The summed E-state index contributed by atoms with van der Waals surface area (Å²) >= 11 is 0. The van der Waals surface area contributed by atoms with Crippen molar-refractivity contribution in [2.24, 2.45) is 5.41 Å². The van der Waals surface area contributed by atoms with Crippen LogP contribution in [0.3, 0.4) is 0 Å². The molecule has 0 radical (unpaired) electrons. The van der Waals surface area contributed by atoms with Gasteiger partial charge in [0.15, 0.2) is 0 Å². The summed E-state index contributed by atoms with van der Waals surface area (Å²) in [6, 6.07) is 0. The lowest BCUT2D eigenvalue weighted by atomic mass is 9.77. The zero-order valence-electron chi connectivity index (χ0n) is 10.3. The molecule has 1 aliphatic rings. The van der Waals surface area contributed by atoms with E-state index in [1.807, 2.05) is 0 Å². The van der Waals surface area contributed by atoms with Gasteiger partial charge in [-0.1, -0.05) is 58.8 Å². The van der Waals surface area contributed by atoms with Crippen LogP contribution in [0.5, 0.6) is 0 Å². The Morgan fingerprint density at radius 1 is 0.786 bits per heavy atom. The molecule has 1 rings (SSSR count). The number of unbranched alkanes of at least 4 members (excludes halogenated alkanes) is 3. The van der Waals surface area contributed by atoms with Gasteiger partial charge in [0.25, 0.3) is 0 Å². The molecular formula is C14H28. The Balaban J connectivity index is 2.28. The fourth-order valence-corrected chi connectivity index (χ4v) is 3.05. The van der Waals surface area contributed by atoms with E-state index in [9.17, 15) is 0 Å². The molecular weight excluding hydrogens is 168 g/mol. The van der Waals surface area contributed by atoms with E-state index in [0.717, 1.165) is 5.41 Å². The zero-order valence-corrected chi connectivity index (χ0v) is 10.3. The van der Waals surface area contributed by atoms with Gasteiger partial charge in [0, 0.05) is 0 Å². The SMILES string of the molecule is CCCCCC1(CCCC)CCCC1. The van der Waals surface area contributed by atoms with Gasteiger partial charge in [-0.25, -0.2) is 0 Å². The second-order valence-corrected chi connectivity index (χ2v) is 5.27. The maximum absolute atomic E-state index is 2.33. The van der Waals surface area contributed by atoms with Crippen LogP contribution in [0, 0.1) is 5.41 Å². The summed E-state index contributed by atoms with van der Waals surface area (Å²) in [7, 11) is 0. The van der Waals surface area contributed by atoms with Crippen molar-refractivity contribution in [1.82, 2.24) is 0 Å². The van der Waals surface area contributed by atoms with Gasteiger partial charge in [-0.15, -0.1) is 0 Å². The quantitative estimate of drug-likeness (QED) is 0.484. The Morgan fingerprint density at radius 3 is 1.93 bits per heavy atom. The predicted molar refractivity (Wildman–Crippen MR) is 64.6 cm³/mol. The van der Waals surface area contributed by atoms with Crippen molar-refractivity contribution in [2.75, 3.05) is 0 Å². The smallest absolute Gasteiger partial charge is 0.0297 e. The molecule has 0 heteroatoms. The van der Waals surface area contributed by atoms with Crippen LogP contribution in [0.25, 0.3) is 0 Å². The van der Waals surface area contributed by atoms with Crippen LogP contribution in [0.4, 0.5) is 0 Å². The second kappa shape index (κ2) is 6.48. The molecule has 0 aliphatic heterocycles. The summed E-state index contributed by atoms with van der Waals surface area (Å²) in [6.07, 6.45) is 16.3. The molecule has 0 aromatic carbocycles. The van der Waals surface area contributed by atoms with E-state index in [-0.39, 0.29) is 0 Å². The Kier molecular flexibility index (Phi) is 5.59. The summed E-state index contributed by atoms with van der Waals surface area (Å²) < 4.78 is 0. The van der Waals surface area contributed by atoms with Crippen LogP contribution in [-0.4, -0.2) is 0 Å². The third-order valence-corrected chi connectivity index (χ3v) is 4.04. The maximum atomic E-state index is 2.33.